The molecule has 0 aromatic heterocycles. The molecule has 0 saturated carbocycles. The molecule has 1 saturated heterocycles. The minimum atomic E-state index is -1.07. The molecule has 1 atom stereocenters. The highest BCUT2D eigenvalue weighted by Gasteiger charge is 2.34. The Labute approximate surface area is 75.3 Å². The molecule has 0 aromatic rings. The van der Waals surface area contributed by atoms with Crippen molar-refractivity contribution < 1.29 is 19.4 Å². The van der Waals surface area contributed by atoms with Gasteiger partial charge in [-0.05, 0) is 6.92 Å². The van der Waals surface area contributed by atoms with E-state index in [2.05, 4.69) is 10.6 Å². The van der Waals surface area contributed by atoms with Crippen LogP contribution in [0, 0.1) is 0 Å². The third kappa shape index (κ3) is 2.81. The summed E-state index contributed by atoms with van der Waals surface area (Å²) in [7, 11) is 0. The first-order chi connectivity index (χ1) is 6.02. The molecule has 6 nitrogen and oxygen atoms in total. The first-order valence-electron chi connectivity index (χ1n) is 3.95. The number of amides is 2. The Morgan fingerprint density at radius 2 is 2.54 bits per heavy atom. The van der Waals surface area contributed by atoms with Crippen LogP contribution in [0.25, 0.3) is 0 Å². The summed E-state index contributed by atoms with van der Waals surface area (Å²) in [5, 5.41) is 13.0. The normalized spacial score (nSPS) is 26.4. The van der Waals surface area contributed by atoms with Crippen LogP contribution < -0.4 is 10.6 Å². The number of alkyl carbamates (subject to hydrolysis) is 1. The maximum Gasteiger partial charge on any atom is 0.407 e. The molecule has 6 heteroatoms. The number of cyclic esters (lactones) is 1. The molecule has 0 aromatic carbocycles. The van der Waals surface area contributed by atoms with Gasteiger partial charge in [0.2, 0.25) is 0 Å². The third-order valence-electron chi connectivity index (χ3n) is 1.88. The lowest BCUT2D eigenvalue weighted by atomic mass is 10.0. The number of carbonyl (C=O) groups excluding carboxylic acids is 1. The molecule has 2 amide bonds. The predicted octanol–water partition coefficient (Wildman–Crippen LogP) is 0.143. The molecule has 1 unspecified atom stereocenters. The Morgan fingerprint density at radius 1 is 1.85 bits per heavy atom. The molecule has 74 valence electrons. The molecule has 13 heavy (non-hydrogen) atoms. The van der Waals surface area contributed by atoms with Gasteiger partial charge in [-0.1, -0.05) is 0 Å². The van der Waals surface area contributed by atoms with Crippen molar-refractivity contribution in [1.82, 2.24) is 10.6 Å². The summed E-state index contributed by atoms with van der Waals surface area (Å²) in [5.41, 5.74) is -0.584. The molecule has 0 aliphatic carbocycles. The summed E-state index contributed by atoms with van der Waals surface area (Å²) in [6, 6.07) is 0. The molecule has 1 fully saturated rings. The van der Waals surface area contributed by atoms with E-state index in [9.17, 15) is 9.59 Å². The van der Waals surface area contributed by atoms with E-state index in [1.165, 1.54) is 0 Å². The first kappa shape index (κ1) is 9.63. The average Bonchev–Trinajstić information content (AvgIpc) is 2.30. The van der Waals surface area contributed by atoms with E-state index in [1.807, 2.05) is 0 Å². The number of ether oxygens (including phenoxy) is 1. The van der Waals surface area contributed by atoms with Crippen molar-refractivity contribution in [1.29, 1.82) is 0 Å². The molecule has 1 aliphatic heterocycles. The maximum atomic E-state index is 10.7. The largest absolute Gasteiger partial charge is 0.465 e. The van der Waals surface area contributed by atoms with Crippen LogP contribution in [0.3, 0.4) is 0 Å². The summed E-state index contributed by atoms with van der Waals surface area (Å²) in [5.74, 6) is 0. The van der Waals surface area contributed by atoms with Crippen LogP contribution in [-0.4, -0.2) is 36.0 Å². The Bertz CT molecular complexity index is 231. The molecule has 1 rings (SSSR count). The van der Waals surface area contributed by atoms with Gasteiger partial charge >= 0.3 is 12.2 Å². The second kappa shape index (κ2) is 3.51. The van der Waals surface area contributed by atoms with E-state index in [1.54, 1.807) is 6.92 Å². The quantitative estimate of drug-likeness (QED) is 0.588. The van der Waals surface area contributed by atoms with Crippen LogP contribution in [0.5, 0.6) is 0 Å². The first-order valence-corrected chi connectivity index (χ1v) is 3.95. The number of carboxylic acid groups (broad SMARTS) is 1. The molecular formula is C7H12N2O4. The van der Waals surface area contributed by atoms with Crippen molar-refractivity contribution in [3.8, 4) is 0 Å². The van der Waals surface area contributed by atoms with Gasteiger partial charge in [0.25, 0.3) is 0 Å². The second-order valence-electron chi connectivity index (χ2n) is 3.17. The lowest BCUT2D eigenvalue weighted by molar-refractivity contribution is 0.0654. The summed E-state index contributed by atoms with van der Waals surface area (Å²) >= 11 is 0. The fourth-order valence-corrected chi connectivity index (χ4v) is 1.13. The topological polar surface area (TPSA) is 87.7 Å². The van der Waals surface area contributed by atoms with E-state index >= 15 is 0 Å². The molecule has 0 radical (unpaired) electrons. The van der Waals surface area contributed by atoms with Gasteiger partial charge in [-0.25, -0.2) is 9.59 Å². The Kier molecular flexibility index (Phi) is 2.60. The minimum absolute atomic E-state index is 0.279. The highest BCUT2D eigenvalue weighted by molar-refractivity contribution is 5.70. The highest BCUT2D eigenvalue weighted by atomic mass is 16.6. The zero-order valence-electron chi connectivity index (χ0n) is 7.29. The van der Waals surface area contributed by atoms with Crippen LogP contribution in [-0.2, 0) is 4.74 Å². The van der Waals surface area contributed by atoms with Crippen molar-refractivity contribution in [3.63, 3.8) is 0 Å². The summed E-state index contributed by atoms with van der Waals surface area (Å²) in [4.78, 5) is 20.8. The maximum absolute atomic E-state index is 10.7. The van der Waals surface area contributed by atoms with Crippen molar-refractivity contribution in [2.75, 3.05) is 13.1 Å². The van der Waals surface area contributed by atoms with Crippen molar-refractivity contribution in [2.45, 2.75) is 18.9 Å². The number of rotatable bonds is 3. The average molecular weight is 188 g/mol. The van der Waals surface area contributed by atoms with Gasteiger partial charge in [0, 0.05) is 13.0 Å². The monoisotopic (exact) mass is 188 g/mol. The van der Waals surface area contributed by atoms with Crippen LogP contribution in [0.4, 0.5) is 9.59 Å². The van der Waals surface area contributed by atoms with Crippen LogP contribution in [0.15, 0.2) is 0 Å². The Balaban J connectivity index is 2.27. The highest BCUT2D eigenvalue weighted by Crippen LogP contribution is 2.18. The zero-order chi connectivity index (χ0) is 9.90. The molecule has 1 heterocycles. The molecule has 3 N–H and O–H groups in total. The standard InChI is InChI=1S/C7H12N2O4/c1-7(2-3-8-5(10)11)4-9-6(12)13-7/h8H,2-4H2,1H3,(H,9,12)(H,10,11). The van der Waals surface area contributed by atoms with E-state index in [4.69, 9.17) is 9.84 Å². The van der Waals surface area contributed by atoms with Gasteiger partial charge < -0.3 is 20.5 Å². The number of hydrogen-bond acceptors (Lipinski definition) is 3. The van der Waals surface area contributed by atoms with Crippen LogP contribution >= 0.6 is 0 Å². The number of carbonyl (C=O) groups is 2. The summed E-state index contributed by atoms with van der Waals surface area (Å²) in [6.07, 6.45) is -1.04. The van der Waals surface area contributed by atoms with Gasteiger partial charge in [0.05, 0.1) is 6.54 Å². The fourth-order valence-electron chi connectivity index (χ4n) is 1.13. The van der Waals surface area contributed by atoms with Gasteiger partial charge in [0.15, 0.2) is 0 Å². The molecule has 0 bridgehead atoms. The lowest BCUT2D eigenvalue weighted by Crippen LogP contribution is -2.35. The number of hydrogen-bond donors (Lipinski definition) is 3. The molecule has 0 spiro atoms. The van der Waals surface area contributed by atoms with E-state index in [0.717, 1.165) is 0 Å². The van der Waals surface area contributed by atoms with Gasteiger partial charge in [0.1, 0.15) is 5.60 Å². The zero-order valence-corrected chi connectivity index (χ0v) is 7.29. The van der Waals surface area contributed by atoms with Crippen molar-refractivity contribution >= 4 is 12.2 Å². The van der Waals surface area contributed by atoms with Crippen molar-refractivity contribution in [3.05, 3.63) is 0 Å². The number of nitrogens with one attached hydrogen (secondary N) is 2. The predicted molar refractivity (Wildman–Crippen MR) is 43.5 cm³/mol. The smallest absolute Gasteiger partial charge is 0.407 e. The van der Waals surface area contributed by atoms with Crippen molar-refractivity contribution in [2.24, 2.45) is 0 Å². The van der Waals surface area contributed by atoms with E-state index in [-0.39, 0.29) is 6.54 Å². The third-order valence-corrected chi connectivity index (χ3v) is 1.88. The molecular weight excluding hydrogens is 176 g/mol. The van der Waals surface area contributed by atoms with Crippen LogP contribution in [0.1, 0.15) is 13.3 Å². The van der Waals surface area contributed by atoms with Gasteiger partial charge in [-0.3, -0.25) is 0 Å². The molecule has 1 aliphatic rings. The van der Waals surface area contributed by atoms with Gasteiger partial charge in [-0.2, -0.15) is 0 Å². The van der Waals surface area contributed by atoms with Crippen LogP contribution in [0.2, 0.25) is 0 Å². The van der Waals surface area contributed by atoms with E-state index < -0.39 is 17.8 Å². The minimum Gasteiger partial charge on any atom is -0.465 e. The lowest BCUT2D eigenvalue weighted by Gasteiger charge is -2.20. The summed E-state index contributed by atoms with van der Waals surface area (Å²) in [6.45, 7) is 2.46. The second-order valence-corrected chi connectivity index (χ2v) is 3.17. The SMILES string of the molecule is CC1(CCNC(=O)O)CNC(=O)O1. The fraction of sp³-hybridized carbons (Fsp3) is 0.714. The van der Waals surface area contributed by atoms with E-state index in [0.29, 0.717) is 13.0 Å². The Hall–Kier alpha value is -1.46. The van der Waals surface area contributed by atoms with Gasteiger partial charge in [-0.15, -0.1) is 0 Å². The summed E-state index contributed by atoms with van der Waals surface area (Å²) < 4.78 is 4.95. The Morgan fingerprint density at radius 3 is 3.00 bits per heavy atom.